The lowest BCUT2D eigenvalue weighted by Crippen LogP contribution is -2.56. The molecule has 1 aliphatic heterocycles. The SMILES string of the molecule is C[C@@H]1/C=C\C#C[C@@H]2Nc3c(cc(O)c4c3C(=O)c3ccc(N)cc3C4=O)[C@@]1(O)C2[C@@H](C)O. The molecule has 0 saturated carbocycles. The number of hydrogen-bond acceptors (Lipinski definition) is 7. The van der Waals surface area contributed by atoms with E-state index in [1.165, 1.54) is 24.3 Å². The number of hydrogen-bond donors (Lipinski definition) is 5. The fraction of sp³-hybridized carbons (Fsp3) is 0.280. The molecule has 0 aromatic heterocycles. The van der Waals surface area contributed by atoms with Crippen LogP contribution in [0.5, 0.6) is 5.75 Å². The van der Waals surface area contributed by atoms with Crippen LogP contribution in [0.2, 0.25) is 0 Å². The molecule has 0 fully saturated rings. The highest BCUT2D eigenvalue weighted by molar-refractivity contribution is 6.31. The van der Waals surface area contributed by atoms with Crippen molar-refractivity contribution < 1.29 is 24.9 Å². The van der Waals surface area contributed by atoms with Crippen molar-refractivity contribution in [1.29, 1.82) is 0 Å². The Kier molecular flexibility index (Phi) is 4.25. The number of nitrogens with two attached hydrogens (primary N) is 1. The van der Waals surface area contributed by atoms with E-state index in [2.05, 4.69) is 17.2 Å². The van der Waals surface area contributed by atoms with Crippen LogP contribution >= 0.6 is 0 Å². The van der Waals surface area contributed by atoms with Crippen LogP contribution in [0.15, 0.2) is 36.4 Å². The van der Waals surface area contributed by atoms with Crippen LogP contribution in [0.1, 0.15) is 51.3 Å². The van der Waals surface area contributed by atoms with Gasteiger partial charge in [0, 0.05) is 34.2 Å². The molecule has 1 unspecified atom stereocenters. The number of fused-ring (bicyclic) bond motifs is 7. The standard InChI is InChI=1S/C25H22N2O5/c1-11-5-3-4-6-17-21(12(2)28)25(11,32)16-10-18(29)19-20(22(16)27-17)23(30)14-8-7-13(26)9-15(14)24(19)31/h3,5,7-12,17,21,27-29,32H,26H2,1-2H3/b5-3-/t11-,12-,17+,21?,25-/m1/s1. The van der Waals surface area contributed by atoms with E-state index in [1.807, 2.05) is 0 Å². The van der Waals surface area contributed by atoms with Gasteiger partial charge >= 0.3 is 0 Å². The predicted molar refractivity (Wildman–Crippen MR) is 118 cm³/mol. The first kappa shape index (κ1) is 20.3. The fourth-order valence-electron chi connectivity index (χ4n) is 5.29. The van der Waals surface area contributed by atoms with Gasteiger partial charge in [-0.15, -0.1) is 0 Å². The Morgan fingerprint density at radius 2 is 1.88 bits per heavy atom. The van der Waals surface area contributed by atoms with E-state index in [0.29, 0.717) is 5.69 Å². The Morgan fingerprint density at radius 3 is 2.59 bits per heavy atom. The van der Waals surface area contributed by atoms with Crippen LogP contribution in [0.4, 0.5) is 11.4 Å². The van der Waals surface area contributed by atoms with Gasteiger partial charge < -0.3 is 26.4 Å². The number of aliphatic hydroxyl groups excluding tert-OH is 1. The monoisotopic (exact) mass is 430 g/mol. The summed E-state index contributed by atoms with van der Waals surface area (Å²) in [6.45, 7) is 3.36. The second-order valence-electron chi connectivity index (χ2n) is 8.68. The zero-order chi connectivity index (χ0) is 22.9. The lowest BCUT2D eigenvalue weighted by Gasteiger charge is -2.49. The Bertz CT molecular complexity index is 1300. The Morgan fingerprint density at radius 1 is 1.16 bits per heavy atom. The number of anilines is 2. The van der Waals surface area contributed by atoms with E-state index in [-0.39, 0.29) is 33.5 Å². The third-order valence-electron chi connectivity index (χ3n) is 6.81. The van der Waals surface area contributed by atoms with Gasteiger partial charge in [-0.3, -0.25) is 9.59 Å². The first-order chi connectivity index (χ1) is 15.2. The first-order valence-electron chi connectivity index (χ1n) is 10.4. The number of nitrogens with one attached hydrogen (secondary N) is 1. The van der Waals surface area contributed by atoms with Crippen LogP contribution in [-0.4, -0.2) is 39.0 Å². The minimum Gasteiger partial charge on any atom is -0.507 e. The van der Waals surface area contributed by atoms with Gasteiger partial charge in [-0.25, -0.2) is 0 Å². The summed E-state index contributed by atoms with van der Waals surface area (Å²) < 4.78 is 0. The lowest BCUT2D eigenvalue weighted by molar-refractivity contribution is -0.102. The average Bonchev–Trinajstić information content (AvgIpc) is 2.73. The van der Waals surface area contributed by atoms with Crippen LogP contribution < -0.4 is 11.1 Å². The molecule has 5 atom stereocenters. The maximum absolute atomic E-state index is 13.5. The number of phenolic OH excluding ortho intramolecular Hbond substituents is 1. The number of phenols is 1. The molecule has 32 heavy (non-hydrogen) atoms. The van der Waals surface area contributed by atoms with Crippen LogP contribution in [0, 0.1) is 23.7 Å². The van der Waals surface area contributed by atoms with E-state index in [0.717, 1.165) is 0 Å². The van der Waals surface area contributed by atoms with Crippen LogP contribution in [0.25, 0.3) is 0 Å². The molecule has 0 radical (unpaired) electrons. The van der Waals surface area contributed by atoms with E-state index in [1.54, 1.807) is 26.0 Å². The summed E-state index contributed by atoms with van der Waals surface area (Å²) in [6.07, 6.45) is 2.42. The normalized spacial score (nSPS) is 29.2. The van der Waals surface area contributed by atoms with Gasteiger partial charge in [0.2, 0.25) is 0 Å². The third-order valence-corrected chi connectivity index (χ3v) is 6.81. The maximum Gasteiger partial charge on any atom is 0.198 e. The molecular formula is C25H22N2O5. The summed E-state index contributed by atoms with van der Waals surface area (Å²) in [4.78, 5) is 26.8. The molecule has 7 nitrogen and oxygen atoms in total. The summed E-state index contributed by atoms with van der Waals surface area (Å²) in [6, 6.07) is 5.07. The van der Waals surface area contributed by atoms with Gasteiger partial charge in [0.15, 0.2) is 11.6 Å². The number of aliphatic hydroxyl groups is 2. The number of aromatic hydroxyl groups is 1. The van der Waals surface area contributed by atoms with Crippen LogP contribution in [-0.2, 0) is 5.60 Å². The summed E-state index contributed by atoms with van der Waals surface area (Å²) in [5.74, 6) is 3.27. The molecule has 0 saturated heterocycles. The summed E-state index contributed by atoms with van der Waals surface area (Å²) >= 11 is 0. The highest BCUT2D eigenvalue weighted by Gasteiger charge is 2.54. The number of rotatable bonds is 1. The van der Waals surface area contributed by atoms with Gasteiger partial charge in [0.1, 0.15) is 11.4 Å². The molecule has 3 aliphatic rings. The highest BCUT2D eigenvalue weighted by Crippen LogP contribution is 2.52. The Labute approximate surface area is 184 Å². The maximum atomic E-state index is 13.5. The second kappa shape index (κ2) is 6.70. The van der Waals surface area contributed by atoms with Gasteiger partial charge in [-0.1, -0.05) is 24.8 Å². The van der Waals surface area contributed by atoms with Gasteiger partial charge in [-0.05, 0) is 37.3 Å². The third kappa shape index (κ3) is 2.51. The largest absolute Gasteiger partial charge is 0.507 e. The Balaban J connectivity index is 1.84. The summed E-state index contributed by atoms with van der Waals surface area (Å²) in [7, 11) is 0. The topological polar surface area (TPSA) is 133 Å². The van der Waals surface area contributed by atoms with E-state index >= 15 is 0 Å². The quantitative estimate of drug-likeness (QED) is 0.226. The average molecular weight is 430 g/mol. The van der Waals surface area contributed by atoms with Gasteiger partial charge in [0.05, 0.1) is 29.0 Å². The molecule has 5 rings (SSSR count). The molecule has 7 heteroatoms. The van der Waals surface area contributed by atoms with Crippen LogP contribution in [0.3, 0.4) is 0 Å². The van der Waals surface area contributed by atoms with Crippen molar-refractivity contribution in [3.8, 4) is 17.6 Å². The molecule has 0 spiro atoms. The number of ketones is 2. The van der Waals surface area contributed by atoms with Crippen molar-refractivity contribution in [2.75, 3.05) is 11.1 Å². The summed E-state index contributed by atoms with van der Waals surface area (Å²) in [5.41, 5.74) is 5.15. The van der Waals surface area contributed by atoms with Gasteiger partial charge in [0.25, 0.3) is 0 Å². The molecule has 0 amide bonds. The number of carbonyl (C=O) groups excluding carboxylic acids is 2. The highest BCUT2D eigenvalue weighted by atomic mass is 16.3. The van der Waals surface area contributed by atoms with E-state index < -0.39 is 46.9 Å². The lowest BCUT2D eigenvalue weighted by atomic mass is 9.63. The molecular weight excluding hydrogens is 408 g/mol. The molecule has 2 aliphatic carbocycles. The van der Waals surface area contributed by atoms with Crippen molar-refractivity contribution in [2.45, 2.75) is 31.6 Å². The number of nitrogen functional groups attached to an aromatic ring is 1. The molecule has 1 heterocycles. The zero-order valence-electron chi connectivity index (χ0n) is 17.5. The number of allylic oxidation sites excluding steroid dienone is 1. The number of carbonyl (C=O) groups is 2. The van der Waals surface area contributed by atoms with Crippen molar-refractivity contribution >= 4 is 22.9 Å². The second-order valence-corrected chi connectivity index (χ2v) is 8.68. The predicted octanol–water partition coefficient (Wildman–Crippen LogP) is 1.94. The molecule has 2 aromatic rings. The smallest absolute Gasteiger partial charge is 0.198 e. The molecule has 2 bridgehead atoms. The minimum absolute atomic E-state index is 0.00621. The molecule has 162 valence electrons. The van der Waals surface area contributed by atoms with E-state index in [4.69, 9.17) is 5.73 Å². The number of benzene rings is 2. The van der Waals surface area contributed by atoms with Gasteiger partial charge in [-0.2, -0.15) is 0 Å². The van der Waals surface area contributed by atoms with Crippen molar-refractivity contribution in [1.82, 2.24) is 0 Å². The van der Waals surface area contributed by atoms with Crippen molar-refractivity contribution in [3.63, 3.8) is 0 Å². The molecule has 2 aromatic carbocycles. The molecule has 6 N–H and O–H groups in total. The minimum atomic E-state index is -1.65. The fourth-order valence-corrected chi connectivity index (χ4v) is 5.29. The van der Waals surface area contributed by atoms with E-state index in [9.17, 15) is 24.9 Å². The van der Waals surface area contributed by atoms with Crippen molar-refractivity contribution in [3.05, 3.63) is 64.2 Å². The zero-order valence-corrected chi connectivity index (χ0v) is 17.5. The Hall–Kier alpha value is -3.60. The first-order valence-corrected chi connectivity index (χ1v) is 10.4. The van der Waals surface area contributed by atoms with Crippen molar-refractivity contribution in [2.24, 2.45) is 11.8 Å². The summed E-state index contributed by atoms with van der Waals surface area (Å²) in [5, 5.41) is 36.7.